The van der Waals surface area contributed by atoms with E-state index in [0.29, 0.717) is 10.7 Å². The maximum Gasteiger partial charge on any atom is 0.335 e. The monoisotopic (exact) mass is 430 g/mol. The van der Waals surface area contributed by atoms with E-state index in [1.807, 2.05) is 0 Å². The van der Waals surface area contributed by atoms with Gasteiger partial charge in [0.05, 0.1) is 18.2 Å². The van der Waals surface area contributed by atoms with Gasteiger partial charge in [-0.1, -0.05) is 30.7 Å². The Kier molecular flexibility index (Phi) is 6.22. The van der Waals surface area contributed by atoms with Crippen molar-refractivity contribution in [3.63, 3.8) is 0 Å². The molecule has 0 bridgehead atoms. The lowest BCUT2D eigenvalue weighted by Crippen LogP contribution is -2.51. The number of aromatic hydroxyl groups is 1. The van der Waals surface area contributed by atoms with Crippen molar-refractivity contribution >= 4 is 23.3 Å². The number of carboxylic acid groups (broad SMARTS) is 1. The minimum absolute atomic E-state index is 0.00938. The first-order valence-corrected chi connectivity index (χ1v) is 9.37. The summed E-state index contributed by atoms with van der Waals surface area (Å²) in [6, 6.07) is 12.7. The van der Waals surface area contributed by atoms with E-state index in [4.69, 9.17) is 16.7 Å². The molecule has 3 aromatic rings. The van der Waals surface area contributed by atoms with Crippen LogP contribution in [0, 0.1) is 5.92 Å². The molecule has 1 heterocycles. The number of phenolic OH excluding ortho intramolecular Hbond substituents is 1. The predicted molar refractivity (Wildman–Crippen MR) is 110 cm³/mol. The summed E-state index contributed by atoms with van der Waals surface area (Å²) in [5.74, 6) is -2.01. The molecule has 0 aliphatic heterocycles. The van der Waals surface area contributed by atoms with Crippen molar-refractivity contribution in [3.8, 4) is 5.75 Å². The van der Waals surface area contributed by atoms with Crippen LogP contribution in [0.15, 0.2) is 63.1 Å². The molecule has 3 N–H and O–H groups in total. The fraction of sp³-hybridized carbons (Fsp3) is 0.200. The highest BCUT2D eigenvalue weighted by Gasteiger charge is 2.17. The van der Waals surface area contributed by atoms with Crippen LogP contribution in [0.4, 0.5) is 5.69 Å². The van der Waals surface area contributed by atoms with Crippen LogP contribution in [-0.2, 0) is 17.9 Å². The van der Waals surface area contributed by atoms with Crippen LogP contribution >= 0.6 is 11.6 Å². The molecule has 0 unspecified atom stereocenters. The summed E-state index contributed by atoms with van der Waals surface area (Å²) in [4.78, 5) is 43.6. The van der Waals surface area contributed by atoms with E-state index in [9.17, 15) is 19.5 Å². The molecule has 30 heavy (non-hydrogen) atoms. The number of rotatable bonds is 6. The van der Waals surface area contributed by atoms with Gasteiger partial charge in [0.1, 0.15) is 5.75 Å². The number of nitrogens with zero attached hydrogens (tertiary/aromatic N) is 3. The molecule has 1 aromatic heterocycles. The molecule has 0 saturated heterocycles. The third kappa shape index (κ3) is 4.87. The van der Waals surface area contributed by atoms with Gasteiger partial charge in [-0.2, -0.15) is 0 Å². The Labute approximate surface area is 175 Å². The zero-order valence-corrected chi connectivity index (χ0v) is 16.7. The van der Waals surface area contributed by atoms with Crippen LogP contribution in [-0.4, -0.2) is 30.3 Å². The van der Waals surface area contributed by atoms with Gasteiger partial charge >= 0.3 is 17.3 Å². The normalized spacial score (nSPS) is 12.7. The van der Waals surface area contributed by atoms with Crippen LogP contribution in [0.25, 0.3) is 0 Å². The fourth-order valence-corrected chi connectivity index (χ4v) is 2.85. The summed E-state index contributed by atoms with van der Waals surface area (Å²) in [5, 5.41) is 19.1. The van der Waals surface area contributed by atoms with E-state index >= 15 is 0 Å². The molecule has 0 spiro atoms. The van der Waals surface area contributed by atoms with Gasteiger partial charge in [-0.05, 0) is 42.0 Å². The summed E-state index contributed by atoms with van der Waals surface area (Å²) < 4.78 is 2.08. The van der Waals surface area contributed by atoms with Crippen molar-refractivity contribution in [2.45, 2.75) is 20.0 Å². The summed E-state index contributed by atoms with van der Waals surface area (Å²) in [5.41, 5.74) is -0.333. The van der Waals surface area contributed by atoms with Gasteiger partial charge < -0.3 is 10.2 Å². The molecule has 0 radical (unpaired) electrons. The molecule has 0 aliphatic carbocycles. The topological polar surface area (TPSA) is 130 Å². The molecule has 0 amide bonds. The van der Waals surface area contributed by atoms with Crippen molar-refractivity contribution < 1.29 is 15.0 Å². The largest absolute Gasteiger partial charge is 0.508 e. The van der Waals surface area contributed by atoms with Gasteiger partial charge in [0.2, 0.25) is 5.62 Å². The molecule has 1 atom stereocenters. The Morgan fingerprint density at radius 1 is 1.10 bits per heavy atom. The van der Waals surface area contributed by atoms with E-state index in [-0.39, 0.29) is 24.5 Å². The highest BCUT2D eigenvalue weighted by molar-refractivity contribution is 6.30. The number of hydrogen-bond acceptors (Lipinski definition) is 5. The number of halogens is 1. The van der Waals surface area contributed by atoms with Crippen molar-refractivity contribution in [1.29, 1.82) is 0 Å². The predicted octanol–water partition coefficient (Wildman–Crippen LogP) is 1.70. The Morgan fingerprint density at radius 3 is 2.33 bits per heavy atom. The Bertz CT molecular complexity index is 1240. The second-order valence-corrected chi connectivity index (χ2v) is 7.16. The van der Waals surface area contributed by atoms with Gasteiger partial charge in [0, 0.05) is 11.6 Å². The summed E-state index contributed by atoms with van der Waals surface area (Å²) in [6.45, 7) is 1.20. The highest BCUT2D eigenvalue weighted by Crippen LogP contribution is 2.15. The van der Waals surface area contributed by atoms with Crippen LogP contribution in [0.3, 0.4) is 0 Å². The molecular weight excluding hydrogens is 412 g/mol. The Balaban J connectivity index is 2.18. The first kappa shape index (κ1) is 21.1. The van der Waals surface area contributed by atoms with Gasteiger partial charge in [0.15, 0.2) is 0 Å². The number of carbonyl (C=O) groups is 1. The molecule has 0 aliphatic rings. The van der Waals surface area contributed by atoms with E-state index in [0.717, 1.165) is 10.1 Å². The number of aromatic amines is 1. The van der Waals surface area contributed by atoms with Crippen LogP contribution in [0.1, 0.15) is 12.5 Å². The van der Waals surface area contributed by atoms with Gasteiger partial charge in [-0.25, -0.2) is 19.1 Å². The number of aliphatic carboxylic acids is 1. The zero-order chi connectivity index (χ0) is 21.8. The fourth-order valence-electron chi connectivity index (χ4n) is 2.72. The maximum absolute atomic E-state index is 13.1. The first-order chi connectivity index (χ1) is 14.2. The molecule has 10 heteroatoms. The average Bonchev–Trinajstić information content (AvgIpc) is 2.71. The van der Waals surface area contributed by atoms with Crippen molar-refractivity contribution in [3.05, 3.63) is 85.7 Å². The maximum atomic E-state index is 13.1. The minimum Gasteiger partial charge on any atom is -0.508 e. The summed E-state index contributed by atoms with van der Waals surface area (Å²) in [7, 11) is 0. The summed E-state index contributed by atoms with van der Waals surface area (Å²) in [6.07, 6.45) is 0. The molecule has 0 saturated carbocycles. The van der Waals surface area contributed by atoms with E-state index in [1.54, 1.807) is 24.3 Å². The molecular formula is C20H19ClN4O5. The summed E-state index contributed by atoms with van der Waals surface area (Å²) >= 11 is 5.92. The third-order valence-corrected chi connectivity index (χ3v) is 4.65. The lowest BCUT2D eigenvalue weighted by molar-refractivity contribution is -0.141. The number of phenols is 1. The van der Waals surface area contributed by atoms with Crippen molar-refractivity contribution in [1.82, 2.24) is 14.1 Å². The second kappa shape index (κ2) is 8.83. The third-order valence-electron chi connectivity index (χ3n) is 4.40. The standard InChI is InChI=1S/C20H19ClN4O5/c1-12(17(27)28)10-25-19(29)23-18(22-15-6-8-16(26)9-7-15)24(20(25)30)11-13-2-4-14(21)5-3-13/h2-9,12,26H,10-11H2,1H3,(H,27,28)(H,22,23,29)/t12-/m0/s1. The van der Waals surface area contributed by atoms with Crippen molar-refractivity contribution in [2.75, 3.05) is 0 Å². The number of carboxylic acids is 1. The SMILES string of the molecule is C[C@@H](Cn1c(=O)[nH]/c(=N\c2ccc(O)cc2)n(Cc2ccc(Cl)cc2)c1=O)C(=O)O. The number of aromatic nitrogens is 3. The number of H-pyrrole nitrogens is 1. The van der Waals surface area contributed by atoms with Crippen LogP contribution < -0.4 is 17.0 Å². The zero-order valence-electron chi connectivity index (χ0n) is 15.9. The molecule has 156 valence electrons. The smallest absolute Gasteiger partial charge is 0.335 e. The number of nitrogens with one attached hydrogen (secondary N) is 1. The quantitative estimate of drug-likeness (QED) is 0.548. The highest BCUT2D eigenvalue weighted by atomic mass is 35.5. The van der Waals surface area contributed by atoms with Crippen molar-refractivity contribution in [2.24, 2.45) is 10.9 Å². The molecule has 3 rings (SSSR count). The molecule has 2 aromatic carbocycles. The van der Waals surface area contributed by atoms with Gasteiger partial charge in [0.25, 0.3) is 0 Å². The van der Waals surface area contributed by atoms with Gasteiger partial charge in [-0.15, -0.1) is 0 Å². The first-order valence-electron chi connectivity index (χ1n) is 8.99. The van der Waals surface area contributed by atoms with E-state index < -0.39 is 23.3 Å². The van der Waals surface area contributed by atoms with E-state index in [1.165, 1.54) is 35.8 Å². The number of hydrogen-bond donors (Lipinski definition) is 3. The molecule has 0 fully saturated rings. The number of benzene rings is 2. The molecule has 9 nitrogen and oxygen atoms in total. The average molecular weight is 431 g/mol. The Hall–Kier alpha value is -3.59. The Morgan fingerprint density at radius 2 is 1.73 bits per heavy atom. The minimum atomic E-state index is -1.12. The van der Waals surface area contributed by atoms with Crippen LogP contribution in [0.5, 0.6) is 5.75 Å². The lowest BCUT2D eigenvalue weighted by Gasteiger charge is -2.13. The van der Waals surface area contributed by atoms with Crippen LogP contribution in [0.2, 0.25) is 5.02 Å². The second-order valence-electron chi connectivity index (χ2n) is 6.73. The lowest BCUT2D eigenvalue weighted by atomic mass is 10.2. The van der Waals surface area contributed by atoms with Gasteiger partial charge in [-0.3, -0.25) is 14.3 Å². The van der Waals surface area contributed by atoms with E-state index in [2.05, 4.69) is 9.98 Å².